The Hall–Kier alpha value is -8.52. The minimum atomic E-state index is 1.09. The van der Waals surface area contributed by atoms with Crippen molar-refractivity contribution >= 4 is 60.2 Å². The van der Waals surface area contributed by atoms with E-state index >= 15 is 0 Å². The second-order valence-corrected chi connectivity index (χ2v) is 16.8. The van der Waals surface area contributed by atoms with Crippen molar-refractivity contribution in [3.05, 3.63) is 261 Å². The normalized spacial score (nSPS) is 11.4. The second kappa shape index (κ2) is 16.3. The van der Waals surface area contributed by atoms with Gasteiger partial charge in [-0.1, -0.05) is 218 Å². The van der Waals surface area contributed by atoms with Gasteiger partial charge in [0.25, 0.3) is 0 Å². The molecule has 0 aliphatic rings. The Bertz CT molecular complexity index is 3610. The van der Waals surface area contributed by atoms with Crippen LogP contribution in [0.2, 0.25) is 0 Å². The maximum atomic E-state index is 2.37. The summed E-state index contributed by atoms with van der Waals surface area (Å²) >= 11 is 0. The molecule has 0 heterocycles. The first-order chi connectivity index (χ1) is 32.2. The molecule has 0 fully saturated rings. The van der Waals surface area contributed by atoms with Crippen LogP contribution in [-0.4, -0.2) is 0 Å². The van der Waals surface area contributed by atoms with E-state index in [2.05, 4.69) is 266 Å². The van der Waals surface area contributed by atoms with Crippen LogP contribution in [0.15, 0.2) is 261 Å². The number of nitrogens with zero attached hydrogens (tertiary/aromatic N) is 1. The highest BCUT2D eigenvalue weighted by molar-refractivity contribution is 6.25. The van der Waals surface area contributed by atoms with Crippen LogP contribution in [-0.2, 0) is 0 Å². The zero-order valence-corrected chi connectivity index (χ0v) is 35.8. The predicted molar refractivity (Wildman–Crippen MR) is 278 cm³/mol. The number of hydrogen-bond acceptors (Lipinski definition) is 1. The molecule has 0 N–H and O–H groups in total. The van der Waals surface area contributed by atoms with Gasteiger partial charge in [-0.2, -0.15) is 0 Å². The first kappa shape index (κ1) is 38.2. The summed E-state index contributed by atoms with van der Waals surface area (Å²) < 4.78 is 0. The smallest absolute Gasteiger partial charge is 0.0462 e. The average Bonchev–Trinajstić information content (AvgIpc) is 3.39. The fourth-order valence-electron chi connectivity index (χ4n) is 9.84. The number of rotatable bonds is 8. The number of anilines is 3. The molecule has 0 aliphatic carbocycles. The Balaban J connectivity index is 0.934. The van der Waals surface area contributed by atoms with E-state index in [1.807, 2.05) is 0 Å². The molecule has 1 nitrogen and oxygen atoms in total. The molecule has 0 radical (unpaired) electrons. The van der Waals surface area contributed by atoms with Crippen molar-refractivity contribution in [2.75, 3.05) is 4.90 Å². The third kappa shape index (κ3) is 7.01. The van der Waals surface area contributed by atoms with E-state index in [4.69, 9.17) is 0 Å². The number of hydrogen-bond donors (Lipinski definition) is 0. The van der Waals surface area contributed by atoms with Gasteiger partial charge < -0.3 is 4.90 Å². The third-order valence-electron chi connectivity index (χ3n) is 13.1. The van der Waals surface area contributed by atoms with Gasteiger partial charge in [0.1, 0.15) is 0 Å². The average molecular weight is 826 g/mol. The summed E-state index contributed by atoms with van der Waals surface area (Å²) in [5.41, 5.74) is 15.3. The molecule has 0 aliphatic heterocycles. The molecular formula is C64H43N. The Morgan fingerprint density at radius 3 is 1.08 bits per heavy atom. The Morgan fingerprint density at radius 2 is 0.554 bits per heavy atom. The van der Waals surface area contributed by atoms with Crippen LogP contribution >= 0.6 is 0 Å². The van der Waals surface area contributed by atoms with Gasteiger partial charge in [0, 0.05) is 17.1 Å². The molecule has 0 bridgehead atoms. The summed E-state index contributed by atoms with van der Waals surface area (Å²) in [6, 6.07) is 95.1. The monoisotopic (exact) mass is 825 g/mol. The minimum absolute atomic E-state index is 1.09. The van der Waals surface area contributed by atoms with E-state index in [0.29, 0.717) is 0 Å². The van der Waals surface area contributed by atoms with Gasteiger partial charge in [-0.15, -0.1) is 0 Å². The van der Waals surface area contributed by atoms with Crippen LogP contribution in [0, 0.1) is 0 Å². The summed E-state index contributed by atoms with van der Waals surface area (Å²) in [6.07, 6.45) is 0. The van der Waals surface area contributed by atoms with Gasteiger partial charge in [0.15, 0.2) is 0 Å². The van der Waals surface area contributed by atoms with E-state index in [-0.39, 0.29) is 0 Å². The van der Waals surface area contributed by atoms with Crippen molar-refractivity contribution in [3.63, 3.8) is 0 Å². The molecule has 0 amide bonds. The maximum Gasteiger partial charge on any atom is 0.0462 e. The summed E-state index contributed by atoms with van der Waals surface area (Å²) in [7, 11) is 0. The third-order valence-corrected chi connectivity index (χ3v) is 13.1. The lowest BCUT2D eigenvalue weighted by molar-refractivity contribution is 1.28. The van der Waals surface area contributed by atoms with E-state index < -0.39 is 0 Å². The van der Waals surface area contributed by atoms with Gasteiger partial charge in [-0.3, -0.25) is 0 Å². The molecule has 0 atom stereocenters. The zero-order valence-electron chi connectivity index (χ0n) is 35.8. The highest BCUT2D eigenvalue weighted by Crippen LogP contribution is 2.42. The Labute approximate surface area is 379 Å². The molecule has 0 saturated carbocycles. The molecule has 0 saturated heterocycles. The molecule has 0 aromatic heterocycles. The van der Waals surface area contributed by atoms with Crippen LogP contribution in [0.3, 0.4) is 0 Å². The lowest BCUT2D eigenvalue weighted by Crippen LogP contribution is -2.09. The van der Waals surface area contributed by atoms with Crippen molar-refractivity contribution in [2.45, 2.75) is 0 Å². The summed E-state index contributed by atoms with van der Waals surface area (Å²) in [6.45, 7) is 0. The van der Waals surface area contributed by atoms with E-state index in [1.165, 1.54) is 98.7 Å². The molecule has 304 valence electrons. The largest absolute Gasteiger partial charge is 0.311 e. The van der Waals surface area contributed by atoms with Crippen LogP contribution in [0.1, 0.15) is 0 Å². The predicted octanol–water partition coefficient (Wildman–Crippen LogP) is 18.1. The first-order valence-electron chi connectivity index (χ1n) is 22.4. The topological polar surface area (TPSA) is 3.24 Å². The molecule has 12 rings (SSSR count). The standard InChI is InChI=1S/C64H43N/c1-3-13-44(14-4-1)45-23-25-46(26-24-45)47-27-35-53(36-28-47)65(55-39-31-50(32-40-55)57-41-33-49-15-7-8-18-56(49)64(57)51-16-5-2-6-17-51)54-37-29-48(30-38-54)52-34-42-62-60-21-10-9-19-58(60)59-20-11-12-22-61(59)63(62)43-52/h1-43H. The minimum Gasteiger partial charge on any atom is -0.311 e. The highest BCUT2D eigenvalue weighted by Gasteiger charge is 2.17. The Kier molecular flexibility index (Phi) is 9.58. The fourth-order valence-corrected chi connectivity index (χ4v) is 9.84. The van der Waals surface area contributed by atoms with Crippen LogP contribution in [0.5, 0.6) is 0 Å². The molecule has 12 aromatic rings. The number of fused-ring (bicyclic) bond motifs is 7. The quantitative estimate of drug-likeness (QED) is 0.138. The van der Waals surface area contributed by atoms with Gasteiger partial charge in [-0.05, 0) is 141 Å². The molecule has 12 aromatic carbocycles. The summed E-state index contributed by atoms with van der Waals surface area (Å²) in [4.78, 5) is 2.37. The molecule has 1 heteroatoms. The van der Waals surface area contributed by atoms with Crippen molar-refractivity contribution in [2.24, 2.45) is 0 Å². The van der Waals surface area contributed by atoms with Crippen molar-refractivity contribution in [1.82, 2.24) is 0 Å². The Morgan fingerprint density at radius 1 is 0.200 bits per heavy atom. The van der Waals surface area contributed by atoms with Crippen LogP contribution in [0.25, 0.3) is 98.7 Å². The van der Waals surface area contributed by atoms with Crippen molar-refractivity contribution in [1.29, 1.82) is 0 Å². The molecule has 65 heavy (non-hydrogen) atoms. The van der Waals surface area contributed by atoms with Crippen molar-refractivity contribution in [3.8, 4) is 55.6 Å². The second-order valence-electron chi connectivity index (χ2n) is 16.8. The maximum absolute atomic E-state index is 2.37. The summed E-state index contributed by atoms with van der Waals surface area (Å²) in [5, 5.41) is 10.2. The van der Waals surface area contributed by atoms with Crippen molar-refractivity contribution < 1.29 is 0 Å². The lowest BCUT2D eigenvalue weighted by Gasteiger charge is -2.26. The molecule has 0 unspecified atom stereocenters. The van der Waals surface area contributed by atoms with Gasteiger partial charge in [0.05, 0.1) is 0 Å². The van der Waals surface area contributed by atoms with E-state index in [0.717, 1.165) is 17.1 Å². The van der Waals surface area contributed by atoms with Crippen LogP contribution in [0.4, 0.5) is 17.1 Å². The molecule has 0 spiro atoms. The van der Waals surface area contributed by atoms with E-state index in [9.17, 15) is 0 Å². The van der Waals surface area contributed by atoms with E-state index in [1.54, 1.807) is 0 Å². The van der Waals surface area contributed by atoms with Crippen LogP contribution < -0.4 is 4.90 Å². The zero-order chi connectivity index (χ0) is 43.1. The number of benzene rings is 12. The molecular weight excluding hydrogens is 783 g/mol. The fraction of sp³-hybridized carbons (Fsp3) is 0. The SMILES string of the molecule is c1ccc(-c2ccc(-c3ccc(N(c4ccc(-c5ccc6c7ccccc7c7ccccc7c6c5)cc4)c4ccc(-c5ccc6ccccc6c5-c5ccccc5)cc4)cc3)cc2)cc1. The summed E-state index contributed by atoms with van der Waals surface area (Å²) in [5.74, 6) is 0. The van der Waals surface area contributed by atoms with Gasteiger partial charge in [0.2, 0.25) is 0 Å². The van der Waals surface area contributed by atoms with Gasteiger partial charge in [-0.25, -0.2) is 0 Å². The van der Waals surface area contributed by atoms with Gasteiger partial charge >= 0.3 is 0 Å². The first-order valence-corrected chi connectivity index (χ1v) is 22.4. The lowest BCUT2D eigenvalue weighted by atomic mass is 9.90. The highest BCUT2D eigenvalue weighted by atomic mass is 15.1.